The van der Waals surface area contributed by atoms with Crippen molar-refractivity contribution in [1.29, 1.82) is 0 Å². The minimum Gasteiger partial charge on any atom is -0.550 e. The summed E-state index contributed by atoms with van der Waals surface area (Å²) < 4.78 is 0. The molecule has 0 aromatic heterocycles. The predicted molar refractivity (Wildman–Crippen MR) is 111 cm³/mol. The zero-order chi connectivity index (χ0) is 20.3. The number of aliphatic carboxylic acids is 1. The lowest BCUT2D eigenvalue weighted by atomic mass is 9.63. The zero-order valence-electron chi connectivity index (χ0n) is 16.8. The molecule has 2 atom stereocenters. The van der Waals surface area contributed by atoms with Gasteiger partial charge < -0.3 is 21.0 Å². The van der Waals surface area contributed by atoms with Crippen LogP contribution in [0.25, 0.3) is 0 Å². The number of nitrogens with one attached hydrogen (secondary N) is 1. The van der Waals surface area contributed by atoms with Crippen LogP contribution in [-0.2, 0) is 4.79 Å². The number of carboxylic acid groups (broad SMARTS) is 1. The Morgan fingerprint density at radius 3 is 2.10 bits per heavy atom. The van der Waals surface area contributed by atoms with E-state index in [9.17, 15) is 19.5 Å². The first kappa shape index (κ1) is 23.4. The van der Waals surface area contributed by atoms with Gasteiger partial charge in [-0.25, -0.2) is 0 Å². The molecule has 2 unspecified atom stereocenters. The molecular weight excluding hydrogens is 392 g/mol. The Morgan fingerprint density at radius 1 is 1.10 bits per heavy atom. The van der Waals surface area contributed by atoms with Crippen molar-refractivity contribution in [3.05, 3.63) is 35.4 Å². The van der Waals surface area contributed by atoms with E-state index >= 15 is 0 Å². The Kier molecular flexibility index (Phi) is 7.83. The van der Waals surface area contributed by atoms with Gasteiger partial charge in [-0.15, -0.1) is 12.4 Å². The van der Waals surface area contributed by atoms with Crippen molar-refractivity contribution in [2.75, 3.05) is 6.54 Å². The smallest absolute Gasteiger partial charge is 0.248 e. The van der Waals surface area contributed by atoms with Gasteiger partial charge in [-0.2, -0.15) is 0 Å². The van der Waals surface area contributed by atoms with Crippen LogP contribution in [0.15, 0.2) is 24.3 Å². The van der Waals surface area contributed by atoms with E-state index in [1.807, 2.05) is 6.92 Å². The predicted octanol–water partition coefficient (Wildman–Crippen LogP) is 2.09. The van der Waals surface area contributed by atoms with E-state index in [2.05, 4.69) is 5.32 Å². The number of benzene rings is 1. The Hall–Kier alpha value is -1.92. The molecule has 7 heteroatoms. The van der Waals surface area contributed by atoms with Crippen LogP contribution in [-0.4, -0.2) is 30.2 Å². The largest absolute Gasteiger partial charge is 0.550 e. The summed E-state index contributed by atoms with van der Waals surface area (Å²) in [7, 11) is 0. The van der Waals surface area contributed by atoms with Gasteiger partial charge in [-0.05, 0) is 68.4 Å². The summed E-state index contributed by atoms with van der Waals surface area (Å²) in [6, 6.07) is 6.27. The molecule has 1 saturated heterocycles. The molecule has 1 spiro atoms. The van der Waals surface area contributed by atoms with E-state index < -0.39 is 11.9 Å². The fourth-order valence-electron chi connectivity index (χ4n) is 4.98. The van der Waals surface area contributed by atoms with Crippen LogP contribution < -0.4 is 16.2 Å². The summed E-state index contributed by atoms with van der Waals surface area (Å²) in [5, 5.41) is 14.7. The maximum atomic E-state index is 12.8. The van der Waals surface area contributed by atoms with Crippen LogP contribution in [0.5, 0.6) is 0 Å². The first-order valence-corrected chi connectivity index (χ1v) is 10.2. The van der Waals surface area contributed by atoms with E-state index in [-0.39, 0.29) is 41.5 Å². The first-order chi connectivity index (χ1) is 13.3. The fraction of sp³-hybridized carbons (Fsp3) is 0.591. The number of amides is 1. The zero-order valence-corrected chi connectivity index (χ0v) is 17.6. The molecule has 1 saturated carbocycles. The van der Waals surface area contributed by atoms with Crippen molar-refractivity contribution in [1.82, 2.24) is 5.32 Å². The fourth-order valence-corrected chi connectivity index (χ4v) is 4.98. The SMILES string of the molecule is CCC(C(=O)[O-])C1CCC2(CCC(C(=O)c3ccc(C(N)=O)cc3)NC2)CC1.Cl. The lowest BCUT2D eigenvalue weighted by molar-refractivity contribution is -0.314. The van der Waals surface area contributed by atoms with Crippen LogP contribution >= 0.6 is 12.4 Å². The summed E-state index contributed by atoms with van der Waals surface area (Å²) in [5.74, 6) is -1.51. The van der Waals surface area contributed by atoms with Gasteiger partial charge in [0.25, 0.3) is 0 Å². The number of hydrogen-bond acceptors (Lipinski definition) is 5. The number of carbonyl (C=O) groups excluding carboxylic acids is 3. The second-order valence-electron chi connectivity index (χ2n) is 8.45. The highest BCUT2D eigenvalue weighted by Crippen LogP contribution is 2.46. The molecule has 2 aliphatic rings. The normalized spacial score (nSPS) is 27.6. The third-order valence-electron chi connectivity index (χ3n) is 6.86. The molecule has 160 valence electrons. The van der Waals surface area contributed by atoms with E-state index in [1.54, 1.807) is 24.3 Å². The van der Waals surface area contributed by atoms with Gasteiger partial charge in [-0.1, -0.05) is 19.1 Å². The number of hydrogen-bond donors (Lipinski definition) is 2. The van der Waals surface area contributed by atoms with Crippen molar-refractivity contribution in [3.8, 4) is 0 Å². The van der Waals surface area contributed by atoms with E-state index in [0.717, 1.165) is 45.1 Å². The van der Waals surface area contributed by atoms with Crippen LogP contribution in [0.1, 0.15) is 72.6 Å². The lowest BCUT2D eigenvalue weighted by Gasteiger charge is -2.46. The molecule has 3 rings (SSSR count). The number of carboxylic acids is 1. The van der Waals surface area contributed by atoms with Crippen LogP contribution in [0.4, 0.5) is 0 Å². The molecule has 3 N–H and O–H groups in total. The number of Topliss-reactive ketones (excluding diaryl/α,β-unsaturated/α-hetero) is 1. The van der Waals surface area contributed by atoms with Crippen molar-refractivity contribution >= 4 is 30.1 Å². The summed E-state index contributed by atoms with van der Waals surface area (Å²) in [6.07, 6.45) is 6.22. The molecule has 2 fully saturated rings. The van der Waals surface area contributed by atoms with Crippen LogP contribution in [0.3, 0.4) is 0 Å². The standard InChI is InChI=1S/C22H30N2O4.ClH/c1-2-17(21(27)28)14-7-10-22(11-8-14)12-9-18(24-13-22)19(25)15-3-5-16(6-4-15)20(23)26;/h3-6,14,17-18,24H,2,7-13H2,1H3,(H2,23,26)(H,27,28);1H/p-1. The van der Waals surface area contributed by atoms with Crippen LogP contribution in [0, 0.1) is 17.3 Å². The summed E-state index contributed by atoms with van der Waals surface area (Å²) >= 11 is 0. The highest BCUT2D eigenvalue weighted by Gasteiger charge is 2.41. The number of piperidine rings is 1. The van der Waals surface area contributed by atoms with Gasteiger partial charge in [0.2, 0.25) is 5.91 Å². The molecule has 29 heavy (non-hydrogen) atoms. The van der Waals surface area contributed by atoms with Gasteiger partial charge in [-0.3, -0.25) is 9.59 Å². The molecule has 0 bridgehead atoms. The van der Waals surface area contributed by atoms with E-state index in [0.29, 0.717) is 17.5 Å². The van der Waals surface area contributed by atoms with Gasteiger partial charge in [0, 0.05) is 29.6 Å². The average molecular weight is 422 g/mol. The second-order valence-corrected chi connectivity index (χ2v) is 8.45. The van der Waals surface area contributed by atoms with Crippen molar-refractivity contribution in [3.63, 3.8) is 0 Å². The monoisotopic (exact) mass is 421 g/mol. The van der Waals surface area contributed by atoms with Crippen molar-refractivity contribution in [2.24, 2.45) is 23.0 Å². The summed E-state index contributed by atoms with van der Waals surface area (Å²) in [6.45, 7) is 2.71. The minimum absolute atomic E-state index is 0. The highest BCUT2D eigenvalue weighted by atomic mass is 35.5. The number of primary amides is 1. The van der Waals surface area contributed by atoms with E-state index in [1.165, 1.54) is 0 Å². The maximum Gasteiger partial charge on any atom is 0.248 e. The molecule has 0 radical (unpaired) electrons. The Bertz CT molecular complexity index is 732. The number of halogens is 1. The van der Waals surface area contributed by atoms with Gasteiger partial charge in [0.05, 0.1) is 6.04 Å². The lowest BCUT2D eigenvalue weighted by Crippen LogP contribution is -2.51. The van der Waals surface area contributed by atoms with Gasteiger partial charge in [0.1, 0.15) is 0 Å². The number of carbonyl (C=O) groups is 3. The average Bonchev–Trinajstić information content (AvgIpc) is 2.70. The third kappa shape index (κ3) is 5.17. The molecular formula is C22H30ClN2O4-. The number of ketones is 1. The molecule has 1 aromatic rings. The topological polar surface area (TPSA) is 112 Å². The molecule has 1 aromatic carbocycles. The molecule has 1 amide bonds. The quantitative estimate of drug-likeness (QED) is 0.683. The highest BCUT2D eigenvalue weighted by molar-refractivity contribution is 6.01. The Morgan fingerprint density at radius 2 is 1.66 bits per heavy atom. The van der Waals surface area contributed by atoms with Gasteiger partial charge >= 0.3 is 0 Å². The minimum atomic E-state index is -0.918. The Balaban J connectivity index is 0.00000300. The summed E-state index contributed by atoms with van der Waals surface area (Å²) in [5.41, 5.74) is 6.40. The van der Waals surface area contributed by atoms with Crippen molar-refractivity contribution in [2.45, 2.75) is 57.9 Å². The second kappa shape index (κ2) is 9.72. The number of rotatable bonds is 6. The third-order valence-corrected chi connectivity index (χ3v) is 6.86. The molecule has 1 aliphatic heterocycles. The first-order valence-electron chi connectivity index (χ1n) is 10.2. The molecule has 6 nitrogen and oxygen atoms in total. The molecule has 1 aliphatic carbocycles. The maximum absolute atomic E-state index is 12.8. The number of nitrogens with two attached hydrogens (primary N) is 1. The van der Waals surface area contributed by atoms with E-state index in [4.69, 9.17) is 5.73 Å². The van der Waals surface area contributed by atoms with Crippen molar-refractivity contribution < 1.29 is 19.5 Å². The van der Waals surface area contributed by atoms with Gasteiger partial charge in [0.15, 0.2) is 5.78 Å². The molecule has 1 heterocycles. The Labute approximate surface area is 178 Å². The summed E-state index contributed by atoms with van der Waals surface area (Å²) in [4.78, 5) is 35.2. The van der Waals surface area contributed by atoms with Crippen LogP contribution in [0.2, 0.25) is 0 Å².